The van der Waals surface area contributed by atoms with Gasteiger partial charge in [0.05, 0.1) is 11.1 Å². The predicted molar refractivity (Wildman–Crippen MR) is 102 cm³/mol. The second-order valence-corrected chi connectivity index (χ2v) is 8.85. The van der Waals surface area contributed by atoms with Gasteiger partial charge in [0, 0.05) is 31.9 Å². The normalized spacial score (nSPS) is 18.2. The minimum absolute atomic E-state index is 0.139. The third-order valence-electron chi connectivity index (χ3n) is 4.91. The quantitative estimate of drug-likeness (QED) is 0.649. The second-order valence-electron chi connectivity index (χ2n) is 6.95. The van der Waals surface area contributed by atoms with Crippen LogP contribution in [0.5, 0.6) is 0 Å². The van der Waals surface area contributed by atoms with Gasteiger partial charge in [-0.25, -0.2) is 13.4 Å². The molecule has 28 heavy (non-hydrogen) atoms. The highest BCUT2D eigenvalue weighted by molar-refractivity contribution is 7.89. The van der Waals surface area contributed by atoms with Crippen molar-refractivity contribution in [3.63, 3.8) is 0 Å². The number of sulfonamides is 1. The lowest BCUT2D eigenvalue weighted by molar-refractivity contribution is 0.261. The van der Waals surface area contributed by atoms with Crippen LogP contribution in [0.1, 0.15) is 24.2 Å². The smallest absolute Gasteiger partial charge is 0.278 e. The number of hydrogen-bond donors (Lipinski definition) is 0. The Morgan fingerprint density at radius 2 is 2.11 bits per heavy atom. The van der Waals surface area contributed by atoms with E-state index in [1.54, 1.807) is 35.0 Å². The molecule has 0 amide bonds. The molecular weight excluding hydrogens is 378 g/mol. The highest BCUT2D eigenvalue weighted by Gasteiger charge is 2.31. The van der Waals surface area contributed by atoms with E-state index in [1.807, 2.05) is 19.1 Å². The molecule has 0 radical (unpaired) electrons. The van der Waals surface area contributed by atoms with Crippen molar-refractivity contribution in [1.29, 1.82) is 0 Å². The van der Waals surface area contributed by atoms with Crippen LogP contribution in [0.15, 0.2) is 52.3 Å². The number of piperidine rings is 1. The molecule has 4 rings (SSSR count). The minimum atomic E-state index is -3.50. The first-order valence-electron chi connectivity index (χ1n) is 9.19. The molecule has 146 valence electrons. The first kappa shape index (κ1) is 18.7. The second kappa shape index (κ2) is 7.76. The molecule has 1 saturated heterocycles. The topological polar surface area (TPSA) is 102 Å². The van der Waals surface area contributed by atoms with Crippen molar-refractivity contribution >= 4 is 10.0 Å². The number of aryl methyl sites for hydroxylation is 1. The number of hydrogen-bond acceptors (Lipinski definition) is 7. The standard InChI is InChI=1S/C19H21N5O3S/c1-14-5-2-3-7-17(14)28(25,26)24-10-4-6-15(13-24)11-18-22-19(27-23-18)16-12-20-8-9-21-16/h2-3,5,7-9,12,15H,4,6,10-11,13H2,1H3. The van der Waals surface area contributed by atoms with Gasteiger partial charge in [-0.3, -0.25) is 4.98 Å². The van der Waals surface area contributed by atoms with Crippen LogP contribution in [0, 0.1) is 12.8 Å². The molecule has 1 unspecified atom stereocenters. The van der Waals surface area contributed by atoms with Gasteiger partial charge in [-0.05, 0) is 37.3 Å². The van der Waals surface area contributed by atoms with E-state index in [4.69, 9.17) is 4.52 Å². The molecule has 1 atom stereocenters. The van der Waals surface area contributed by atoms with Crippen LogP contribution in [0.25, 0.3) is 11.6 Å². The van der Waals surface area contributed by atoms with E-state index in [2.05, 4.69) is 20.1 Å². The lowest BCUT2D eigenvalue weighted by Crippen LogP contribution is -2.40. The maximum atomic E-state index is 13.1. The highest BCUT2D eigenvalue weighted by Crippen LogP contribution is 2.27. The van der Waals surface area contributed by atoms with Crippen LogP contribution < -0.4 is 0 Å². The van der Waals surface area contributed by atoms with E-state index in [-0.39, 0.29) is 5.92 Å². The first-order chi connectivity index (χ1) is 13.5. The largest absolute Gasteiger partial charge is 0.332 e. The zero-order chi connectivity index (χ0) is 19.6. The summed E-state index contributed by atoms with van der Waals surface area (Å²) >= 11 is 0. The fourth-order valence-corrected chi connectivity index (χ4v) is 5.29. The summed E-state index contributed by atoms with van der Waals surface area (Å²) in [6, 6.07) is 7.09. The van der Waals surface area contributed by atoms with Gasteiger partial charge < -0.3 is 4.52 Å². The van der Waals surface area contributed by atoms with Crippen molar-refractivity contribution in [2.45, 2.75) is 31.1 Å². The molecule has 3 aromatic rings. The Balaban J connectivity index is 1.48. The zero-order valence-corrected chi connectivity index (χ0v) is 16.3. The molecule has 1 aromatic carbocycles. The molecule has 0 N–H and O–H groups in total. The minimum Gasteiger partial charge on any atom is -0.332 e. The molecule has 0 saturated carbocycles. The average Bonchev–Trinajstić information content (AvgIpc) is 3.17. The fourth-order valence-electron chi connectivity index (χ4n) is 3.51. The Bertz CT molecular complexity index is 1050. The van der Waals surface area contributed by atoms with Gasteiger partial charge in [0.25, 0.3) is 5.89 Å². The number of rotatable bonds is 5. The van der Waals surface area contributed by atoms with Crippen molar-refractivity contribution in [2.75, 3.05) is 13.1 Å². The van der Waals surface area contributed by atoms with Crippen LogP contribution in [-0.4, -0.2) is 45.9 Å². The number of nitrogens with zero attached hydrogens (tertiary/aromatic N) is 5. The summed E-state index contributed by atoms with van der Waals surface area (Å²) in [7, 11) is -3.50. The van der Waals surface area contributed by atoms with Crippen LogP contribution in [0.2, 0.25) is 0 Å². The maximum absolute atomic E-state index is 13.1. The predicted octanol–water partition coefficient (Wildman–Crippen LogP) is 2.48. The van der Waals surface area contributed by atoms with Crippen LogP contribution in [0.4, 0.5) is 0 Å². The van der Waals surface area contributed by atoms with Gasteiger partial charge >= 0.3 is 0 Å². The molecule has 8 nitrogen and oxygen atoms in total. The van der Waals surface area contributed by atoms with Gasteiger partial charge in [0.2, 0.25) is 10.0 Å². The Hall–Kier alpha value is -2.65. The number of benzene rings is 1. The van der Waals surface area contributed by atoms with Gasteiger partial charge in [-0.1, -0.05) is 23.4 Å². The Morgan fingerprint density at radius 3 is 2.89 bits per heavy atom. The van der Waals surface area contributed by atoms with Crippen molar-refractivity contribution in [1.82, 2.24) is 24.4 Å². The van der Waals surface area contributed by atoms with Crippen LogP contribution in [-0.2, 0) is 16.4 Å². The van der Waals surface area contributed by atoms with Crippen LogP contribution in [0.3, 0.4) is 0 Å². The van der Waals surface area contributed by atoms with Crippen molar-refractivity contribution < 1.29 is 12.9 Å². The van der Waals surface area contributed by atoms with Crippen molar-refractivity contribution in [2.24, 2.45) is 5.92 Å². The summed E-state index contributed by atoms with van der Waals surface area (Å²) in [6.07, 6.45) is 7.00. The molecule has 1 aliphatic rings. The summed E-state index contributed by atoms with van der Waals surface area (Å²) in [6.45, 7) is 2.80. The molecule has 0 aliphatic carbocycles. The average molecular weight is 399 g/mol. The summed E-state index contributed by atoms with van der Waals surface area (Å²) in [4.78, 5) is 12.9. The summed E-state index contributed by atoms with van der Waals surface area (Å²) in [5, 5.41) is 4.02. The monoisotopic (exact) mass is 399 g/mol. The summed E-state index contributed by atoms with van der Waals surface area (Å²) < 4.78 is 33.0. The van der Waals surface area contributed by atoms with E-state index >= 15 is 0 Å². The SMILES string of the molecule is Cc1ccccc1S(=O)(=O)N1CCCC(Cc2noc(-c3cnccn3)n2)C1. The van der Waals surface area contributed by atoms with Crippen LogP contribution >= 0.6 is 0 Å². The zero-order valence-electron chi connectivity index (χ0n) is 15.5. The van der Waals surface area contributed by atoms with Gasteiger partial charge in [-0.2, -0.15) is 9.29 Å². The van der Waals surface area contributed by atoms with E-state index in [1.165, 1.54) is 0 Å². The van der Waals surface area contributed by atoms with Crippen molar-refractivity contribution in [3.8, 4) is 11.6 Å². The third kappa shape index (κ3) is 3.81. The first-order valence-corrected chi connectivity index (χ1v) is 10.6. The highest BCUT2D eigenvalue weighted by atomic mass is 32.2. The summed E-state index contributed by atoms with van der Waals surface area (Å²) in [5.74, 6) is 1.02. The molecule has 0 bridgehead atoms. The van der Waals surface area contributed by atoms with E-state index < -0.39 is 10.0 Å². The van der Waals surface area contributed by atoms with E-state index in [0.717, 1.165) is 18.4 Å². The molecule has 9 heteroatoms. The van der Waals surface area contributed by atoms with Gasteiger partial charge in [0.1, 0.15) is 5.69 Å². The molecule has 1 fully saturated rings. The van der Waals surface area contributed by atoms with Gasteiger partial charge in [-0.15, -0.1) is 0 Å². The Labute approximate surface area is 163 Å². The van der Waals surface area contributed by atoms with E-state index in [0.29, 0.717) is 41.8 Å². The lowest BCUT2D eigenvalue weighted by atomic mass is 9.96. The molecular formula is C19H21N5O3S. The number of aromatic nitrogens is 4. The molecule has 3 heterocycles. The Kier molecular flexibility index (Phi) is 5.19. The molecule has 0 spiro atoms. The lowest BCUT2D eigenvalue weighted by Gasteiger charge is -2.31. The maximum Gasteiger partial charge on any atom is 0.278 e. The molecule has 1 aliphatic heterocycles. The molecule has 2 aromatic heterocycles. The third-order valence-corrected chi connectivity index (χ3v) is 6.94. The summed E-state index contributed by atoms with van der Waals surface area (Å²) in [5.41, 5.74) is 1.28. The van der Waals surface area contributed by atoms with E-state index in [9.17, 15) is 8.42 Å². The van der Waals surface area contributed by atoms with Gasteiger partial charge in [0.15, 0.2) is 5.82 Å². The Morgan fingerprint density at radius 1 is 1.25 bits per heavy atom. The van der Waals surface area contributed by atoms with Crippen molar-refractivity contribution in [3.05, 3.63) is 54.2 Å². The fraction of sp³-hybridized carbons (Fsp3) is 0.368.